The van der Waals surface area contributed by atoms with Gasteiger partial charge in [0.1, 0.15) is 0 Å². The first-order valence-electron chi connectivity index (χ1n) is 9.37. The van der Waals surface area contributed by atoms with Crippen LogP contribution in [-0.2, 0) is 13.1 Å². The maximum absolute atomic E-state index is 12.5. The van der Waals surface area contributed by atoms with Crippen LogP contribution in [0.15, 0.2) is 41.3 Å². The largest absolute Gasteiger partial charge is 0.503 e. The molecule has 0 unspecified atom stereocenters. The molecular formula is C21H28ClN3O2. The van der Waals surface area contributed by atoms with Crippen molar-refractivity contribution in [1.29, 1.82) is 0 Å². The lowest BCUT2D eigenvalue weighted by atomic mass is 10.0. The number of hydrogen-bond acceptors (Lipinski definition) is 4. The SMILES string of the molecule is CC(C)(C)N1CCN(Cc2ccn(Cc3ccc(Cl)cc3)c(=O)c2O)CC1. The molecule has 1 fully saturated rings. The molecule has 1 aliphatic rings. The van der Waals surface area contributed by atoms with Gasteiger partial charge in [0.05, 0.1) is 6.54 Å². The van der Waals surface area contributed by atoms with Gasteiger partial charge in [-0.15, -0.1) is 0 Å². The number of halogens is 1. The van der Waals surface area contributed by atoms with Gasteiger partial charge in [-0.25, -0.2) is 0 Å². The maximum Gasteiger partial charge on any atom is 0.293 e. The molecule has 2 heterocycles. The lowest BCUT2D eigenvalue weighted by Gasteiger charge is -2.42. The molecule has 0 aliphatic carbocycles. The zero-order chi connectivity index (χ0) is 19.6. The Hall–Kier alpha value is -1.82. The second kappa shape index (κ2) is 8.05. The molecule has 1 aromatic heterocycles. The van der Waals surface area contributed by atoms with Crippen LogP contribution in [0.2, 0.25) is 5.02 Å². The van der Waals surface area contributed by atoms with Gasteiger partial charge in [-0.3, -0.25) is 14.6 Å². The minimum atomic E-state index is -0.351. The fourth-order valence-electron chi connectivity index (χ4n) is 3.46. The van der Waals surface area contributed by atoms with Gasteiger partial charge in [0, 0.05) is 55.0 Å². The zero-order valence-electron chi connectivity index (χ0n) is 16.3. The van der Waals surface area contributed by atoms with Crippen LogP contribution in [-0.4, -0.2) is 51.2 Å². The zero-order valence-corrected chi connectivity index (χ0v) is 17.0. The number of nitrogens with zero attached hydrogens (tertiary/aromatic N) is 3. The molecule has 6 heteroatoms. The molecule has 1 aliphatic heterocycles. The van der Waals surface area contributed by atoms with Crippen LogP contribution < -0.4 is 5.56 Å². The van der Waals surface area contributed by atoms with E-state index in [-0.39, 0.29) is 16.8 Å². The molecule has 2 aromatic rings. The normalized spacial score (nSPS) is 16.6. The van der Waals surface area contributed by atoms with E-state index in [1.807, 2.05) is 18.2 Å². The lowest BCUT2D eigenvalue weighted by Crippen LogP contribution is -2.53. The van der Waals surface area contributed by atoms with E-state index >= 15 is 0 Å². The summed E-state index contributed by atoms with van der Waals surface area (Å²) >= 11 is 5.90. The minimum absolute atomic E-state index is 0.148. The molecule has 3 rings (SSSR count). The van der Waals surface area contributed by atoms with E-state index in [2.05, 4.69) is 30.6 Å². The second-order valence-electron chi connectivity index (χ2n) is 8.18. The third-order valence-electron chi connectivity index (χ3n) is 5.20. The van der Waals surface area contributed by atoms with Crippen LogP contribution in [0.4, 0.5) is 0 Å². The summed E-state index contributed by atoms with van der Waals surface area (Å²) in [6.07, 6.45) is 1.76. The molecule has 0 atom stereocenters. The highest BCUT2D eigenvalue weighted by Gasteiger charge is 2.26. The Bertz CT molecular complexity index is 832. The van der Waals surface area contributed by atoms with E-state index in [4.69, 9.17) is 11.6 Å². The van der Waals surface area contributed by atoms with Gasteiger partial charge < -0.3 is 9.67 Å². The van der Waals surface area contributed by atoms with Gasteiger partial charge in [0.2, 0.25) is 0 Å². The monoisotopic (exact) mass is 389 g/mol. The Morgan fingerprint density at radius 2 is 1.63 bits per heavy atom. The summed E-state index contributed by atoms with van der Waals surface area (Å²) in [5.41, 5.74) is 1.48. The van der Waals surface area contributed by atoms with Gasteiger partial charge in [-0.05, 0) is 44.5 Å². The molecule has 146 valence electrons. The Morgan fingerprint density at radius 3 is 2.22 bits per heavy atom. The van der Waals surface area contributed by atoms with Crippen molar-refractivity contribution in [3.8, 4) is 5.75 Å². The summed E-state index contributed by atoms with van der Waals surface area (Å²) in [6.45, 7) is 11.6. The Morgan fingerprint density at radius 1 is 1.00 bits per heavy atom. The van der Waals surface area contributed by atoms with E-state index in [0.29, 0.717) is 23.7 Å². The average molecular weight is 390 g/mol. The van der Waals surface area contributed by atoms with Crippen molar-refractivity contribution in [2.75, 3.05) is 26.2 Å². The smallest absolute Gasteiger partial charge is 0.293 e. The molecule has 1 saturated heterocycles. The number of rotatable bonds is 4. The molecule has 1 N–H and O–H groups in total. The summed E-state index contributed by atoms with van der Waals surface area (Å²) < 4.78 is 1.53. The highest BCUT2D eigenvalue weighted by atomic mass is 35.5. The third-order valence-corrected chi connectivity index (χ3v) is 5.46. The average Bonchev–Trinajstić information content (AvgIpc) is 2.63. The van der Waals surface area contributed by atoms with E-state index in [1.54, 1.807) is 18.3 Å². The van der Waals surface area contributed by atoms with Gasteiger partial charge in [-0.1, -0.05) is 23.7 Å². The molecule has 27 heavy (non-hydrogen) atoms. The first-order valence-corrected chi connectivity index (χ1v) is 9.75. The predicted molar refractivity (Wildman–Crippen MR) is 110 cm³/mol. The highest BCUT2D eigenvalue weighted by molar-refractivity contribution is 6.30. The Labute approximate surface area is 165 Å². The number of benzene rings is 1. The number of piperazine rings is 1. The van der Waals surface area contributed by atoms with Crippen LogP contribution in [0, 0.1) is 0 Å². The van der Waals surface area contributed by atoms with Crippen LogP contribution >= 0.6 is 11.6 Å². The van der Waals surface area contributed by atoms with Crippen molar-refractivity contribution in [2.24, 2.45) is 0 Å². The third kappa shape index (κ3) is 4.92. The Balaban J connectivity index is 1.67. The quantitative estimate of drug-likeness (QED) is 0.872. The molecular weight excluding hydrogens is 362 g/mol. The van der Waals surface area contributed by atoms with E-state index in [1.165, 1.54) is 4.57 Å². The Kier molecular flexibility index (Phi) is 5.94. The lowest BCUT2D eigenvalue weighted by molar-refractivity contribution is 0.0587. The van der Waals surface area contributed by atoms with Crippen molar-refractivity contribution in [3.05, 3.63) is 63.0 Å². The van der Waals surface area contributed by atoms with Gasteiger partial charge in [0.25, 0.3) is 5.56 Å². The van der Waals surface area contributed by atoms with Gasteiger partial charge in [-0.2, -0.15) is 0 Å². The molecule has 0 amide bonds. The summed E-state index contributed by atoms with van der Waals surface area (Å²) in [5.74, 6) is -0.148. The predicted octanol–water partition coefficient (Wildman–Crippen LogP) is 3.17. The van der Waals surface area contributed by atoms with Crippen molar-refractivity contribution < 1.29 is 5.11 Å². The van der Waals surface area contributed by atoms with Crippen molar-refractivity contribution in [3.63, 3.8) is 0 Å². The number of aromatic nitrogens is 1. The fraction of sp³-hybridized carbons (Fsp3) is 0.476. The van der Waals surface area contributed by atoms with Crippen LogP contribution in [0.25, 0.3) is 0 Å². The van der Waals surface area contributed by atoms with E-state index < -0.39 is 0 Å². The van der Waals surface area contributed by atoms with Gasteiger partial charge in [0.15, 0.2) is 5.75 Å². The maximum atomic E-state index is 12.5. The van der Waals surface area contributed by atoms with Crippen LogP contribution in [0.5, 0.6) is 5.75 Å². The van der Waals surface area contributed by atoms with Crippen molar-refractivity contribution >= 4 is 11.6 Å². The summed E-state index contributed by atoms with van der Waals surface area (Å²) in [6, 6.07) is 9.21. The van der Waals surface area contributed by atoms with Gasteiger partial charge >= 0.3 is 0 Å². The molecule has 0 saturated carbocycles. The highest BCUT2D eigenvalue weighted by Crippen LogP contribution is 2.19. The first kappa shape index (κ1) is 19.9. The van der Waals surface area contributed by atoms with Crippen molar-refractivity contribution in [2.45, 2.75) is 39.4 Å². The number of hydrogen-bond donors (Lipinski definition) is 1. The molecule has 0 spiro atoms. The second-order valence-corrected chi connectivity index (χ2v) is 8.62. The molecule has 0 radical (unpaired) electrons. The van der Waals surface area contributed by atoms with E-state index in [0.717, 1.165) is 31.7 Å². The van der Waals surface area contributed by atoms with Crippen molar-refractivity contribution in [1.82, 2.24) is 14.4 Å². The van der Waals surface area contributed by atoms with Crippen LogP contribution in [0.1, 0.15) is 31.9 Å². The van der Waals surface area contributed by atoms with E-state index in [9.17, 15) is 9.90 Å². The van der Waals surface area contributed by atoms with Crippen LogP contribution in [0.3, 0.4) is 0 Å². The molecule has 1 aromatic carbocycles. The number of pyridine rings is 1. The fourth-order valence-corrected chi connectivity index (χ4v) is 3.58. The summed E-state index contributed by atoms with van der Waals surface area (Å²) in [4.78, 5) is 17.3. The topological polar surface area (TPSA) is 48.7 Å². The summed E-state index contributed by atoms with van der Waals surface area (Å²) in [7, 11) is 0. The number of aromatic hydroxyl groups is 1. The first-order chi connectivity index (χ1) is 12.7. The standard InChI is InChI=1S/C21H28ClN3O2/c1-21(2,3)25-12-10-23(11-13-25)15-17-8-9-24(20(27)19(17)26)14-16-4-6-18(22)7-5-16/h4-9,26H,10-15H2,1-3H3. The molecule has 0 bridgehead atoms. The molecule has 5 nitrogen and oxygen atoms in total. The minimum Gasteiger partial charge on any atom is -0.503 e. The summed E-state index contributed by atoms with van der Waals surface area (Å²) in [5, 5.41) is 11.1.